The van der Waals surface area contributed by atoms with Crippen molar-refractivity contribution >= 4 is 23.3 Å². The average molecular weight is 296 g/mol. The van der Waals surface area contributed by atoms with Crippen LogP contribution >= 0.6 is 11.3 Å². The number of carbonyl (C=O) groups is 2. The topological polar surface area (TPSA) is 72.6 Å². The fourth-order valence-corrected chi connectivity index (χ4v) is 3.59. The summed E-state index contributed by atoms with van der Waals surface area (Å²) in [5.41, 5.74) is 6.56. The molecule has 0 spiro atoms. The predicted molar refractivity (Wildman–Crippen MR) is 77.9 cm³/mol. The zero-order valence-corrected chi connectivity index (χ0v) is 13.1. The van der Waals surface area contributed by atoms with E-state index in [0.717, 1.165) is 15.3 Å². The highest BCUT2D eigenvalue weighted by Crippen LogP contribution is 2.32. The Hall–Kier alpha value is -1.56. The van der Waals surface area contributed by atoms with Crippen LogP contribution in [0.25, 0.3) is 0 Å². The lowest BCUT2D eigenvalue weighted by Gasteiger charge is -2.30. The third-order valence-corrected chi connectivity index (χ3v) is 4.26. The molecule has 2 amide bonds. The molecule has 1 aromatic heterocycles. The molecule has 110 valence electrons. The number of fused-ring (bicyclic) bond motifs is 1. The SMILES string of the molecule is Cc1sc2c(c1C(N)=O)CCN(C(=O)OC(C)(C)C)C2. The molecule has 0 saturated heterocycles. The van der Waals surface area contributed by atoms with Gasteiger partial charge in [0.2, 0.25) is 5.91 Å². The Kier molecular flexibility index (Phi) is 3.77. The highest BCUT2D eigenvalue weighted by Gasteiger charge is 2.29. The van der Waals surface area contributed by atoms with Crippen LogP contribution in [0.3, 0.4) is 0 Å². The van der Waals surface area contributed by atoms with E-state index in [0.29, 0.717) is 25.1 Å². The summed E-state index contributed by atoms with van der Waals surface area (Å²) >= 11 is 1.53. The van der Waals surface area contributed by atoms with Gasteiger partial charge in [0.25, 0.3) is 0 Å². The average Bonchev–Trinajstić information content (AvgIpc) is 2.61. The number of hydrogen-bond acceptors (Lipinski definition) is 4. The first-order chi connectivity index (χ1) is 9.19. The second-order valence-corrected chi connectivity index (χ2v) is 7.26. The Morgan fingerprint density at radius 2 is 2.00 bits per heavy atom. The second-order valence-electron chi connectivity index (χ2n) is 5.95. The van der Waals surface area contributed by atoms with Gasteiger partial charge in [0, 0.05) is 16.3 Å². The van der Waals surface area contributed by atoms with Crippen LogP contribution in [0, 0.1) is 6.92 Å². The quantitative estimate of drug-likeness (QED) is 0.865. The van der Waals surface area contributed by atoms with Gasteiger partial charge in [-0.3, -0.25) is 4.79 Å². The monoisotopic (exact) mass is 296 g/mol. The second kappa shape index (κ2) is 5.09. The predicted octanol–water partition coefficient (Wildman–Crippen LogP) is 2.45. The van der Waals surface area contributed by atoms with Gasteiger partial charge in [-0.2, -0.15) is 0 Å². The smallest absolute Gasteiger partial charge is 0.410 e. The van der Waals surface area contributed by atoms with Crippen molar-refractivity contribution in [3.8, 4) is 0 Å². The zero-order valence-electron chi connectivity index (χ0n) is 12.3. The molecule has 2 heterocycles. The summed E-state index contributed by atoms with van der Waals surface area (Å²) < 4.78 is 5.38. The molecule has 2 N–H and O–H groups in total. The van der Waals surface area contributed by atoms with E-state index in [1.165, 1.54) is 11.3 Å². The van der Waals surface area contributed by atoms with E-state index in [9.17, 15) is 9.59 Å². The maximum Gasteiger partial charge on any atom is 0.410 e. The minimum atomic E-state index is -0.499. The summed E-state index contributed by atoms with van der Waals surface area (Å²) in [7, 11) is 0. The van der Waals surface area contributed by atoms with Crippen molar-refractivity contribution in [1.82, 2.24) is 4.90 Å². The number of rotatable bonds is 1. The molecule has 0 fully saturated rings. The van der Waals surface area contributed by atoms with Crippen molar-refractivity contribution in [2.24, 2.45) is 5.73 Å². The van der Waals surface area contributed by atoms with Crippen LogP contribution in [0.4, 0.5) is 4.79 Å². The summed E-state index contributed by atoms with van der Waals surface area (Å²) in [6.07, 6.45) is 0.340. The van der Waals surface area contributed by atoms with Crippen molar-refractivity contribution in [3.05, 3.63) is 20.9 Å². The Balaban J connectivity index is 2.18. The number of hydrogen-bond donors (Lipinski definition) is 1. The van der Waals surface area contributed by atoms with Crippen molar-refractivity contribution < 1.29 is 14.3 Å². The maximum absolute atomic E-state index is 12.1. The minimum Gasteiger partial charge on any atom is -0.444 e. The summed E-state index contributed by atoms with van der Waals surface area (Å²) in [5, 5.41) is 0. The molecule has 0 radical (unpaired) electrons. The first-order valence-corrected chi connectivity index (χ1v) is 7.39. The van der Waals surface area contributed by atoms with Crippen LogP contribution in [0.2, 0.25) is 0 Å². The number of aryl methyl sites for hydroxylation is 1. The van der Waals surface area contributed by atoms with E-state index < -0.39 is 5.60 Å². The first-order valence-electron chi connectivity index (χ1n) is 6.58. The normalized spacial score (nSPS) is 14.9. The molecule has 1 aliphatic rings. The number of ether oxygens (including phenoxy) is 1. The van der Waals surface area contributed by atoms with Gasteiger partial charge in [-0.1, -0.05) is 0 Å². The van der Waals surface area contributed by atoms with Crippen LogP contribution in [0.5, 0.6) is 0 Å². The number of carbonyl (C=O) groups excluding carboxylic acids is 2. The van der Waals surface area contributed by atoms with Gasteiger partial charge in [-0.25, -0.2) is 4.79 Å². The van der Waals surface area contributed by atoms with Crippen LogP contribution < -0.4 is 5.73 Å². The first kappa shape index (κ1) is 14.8. The van der Waals surface area contributed by atoms with Gasteiger partial charge in [-0.15, -0.1) is 11.3 Å². The molecule has 6 heteroatoms. The molecule has 0 unspecified atom stereocenters. The summed E-state index contributed by atoms with van der Waals surface area (Å²) in [6.45, 7) is 8.48. The molecule has 1 aliphatic heterocycles. The number of amides is 2. The van der Waals surface area contributed by atoms with Gasteiger partial charge in [0.15, 0.2) is 0 Å². The third-order valence-electron chi connectivity index (χ3n) is 3.13. The fourth-order valence-electron chi connectivity index (χ4n) is 2.35. The third kappa shape index (κ3) is 2.95. The fraction of sp³-hybridized carbons (Fsp3) is 0.571. The molecule has 1 aromatic rings. The molecular weight excluding hydrogens is 276 g/mol. The Bertz CT molecular complexity index is 558. The minimum absolute atomic E-state index is 0.310. The van der Waals surface area contributed by atoms with Crippen molar-refractivity contribution in [2.45, 2.75) is 46.3 Å². The van der Waals surface area contributed by atoms with Gasteiger partial charge in [0.1, 0.15) is 5.60 Å². The number of nitrogens with two attached hydrogens (primary N) is 1. The highest BCUT2D eigenvalue weighted by atomic mass is 32.1. The highest BCUT2D eigenvalue weighted by molar-refractivity contribution is 7.12. The molecule has 0 aliphatic carbocycles. The Morgan fingerprint density at radius 3 is 2.55 bits per heavy atom. The number of primary amides is 1. The van der Waals surface area contributed by atoms with E-state index >= 15 is 0 Å². The van der Waals surface area contributed by atoms with Crippen molar-refractivity contribution in [2.75, 3.05) is 6.54 Å². The van der Waals surface area contributed by atoms with Crippen LogP contribution in [0.15, 0.2) is 0 Å². The van der Waals surface area contributed by atoms with Gasteiger partial charge in [0.05, 0.1) is 12.1 Å². The summed E-state index contributed by atoms with van der Waals surface area (Å²) in [5.74, 6) is -0.384. The standard InChI is InChI=1S/C14H20N2O3S/c1-8-11(12(15)17)9-5-6-16(7-10(9)20-8)13(18)19-14(2,3)4/h5-7H2,1-4H3,(H2,15,17). The van der Waals surface area contributed by atoms with E-state index in [1.807, 2.05) is 27.7 Å². The number of nitrogens with zero attached hydrogens (tertiary/aromatic N) is 1. The van der Waals surface area contributed by atoms with Crippen LogP contribution in [0.1, 0.15) is 46.4 Å². The molecule has 20 heavy (non-hydrogen) atoms. The van der Waals surface area contributed by atoms with Gasteiger partial charge in [-0.05, 0) is 39.7 Å². The summed E-state index contributed by atoms with van der Waals surface area (Å²) in [4.78, 5) is 27.2. The largest absolute Gasteiger partial charge is 0.444 e. The zero-order chi connectivity index (χ0) is 15.1. The van der Waals surface area contributed by atoms with Crippen LogP contribution in [-0.2, 0) is 17.7 Å². The molecule has 0 saturated carbocycles. The van der Waals surface area contributed by atoms with E-state index in [-0.39, 0.29) is 12.0 Å². The molecule has 2 rings (SSSR count). The van der Waals surface area contributed by atoms with Gasteiger partial charge >= 0.3 is 6.09 Å². The van der Waals surface area contributed by atoms with E-state index in [4.69, 9.17) is 10.5 Å². The molecule has 5 nitrogen and oxygen atoms in total. The number of thiophene rings is 1. The van der Waals surface area contributed by atoms with Crippen molar-refractivity contribution in [1.29, 1.82) is 0 Å². The lowest BCUT2D eigenvalue weighted by Crippen LogP contribution is -2.39. The molecule has 0 atom stereocenters. The molecule has 0 bridgehead atoms. The lowest BCUT2D eigenvalue weighted by molar-refractivity contribution is 0.0226. The summed E-state index contributed by atoms with van der Waals surface area (Å²) in [6, 6.07) is 0. The van der Waals surface area contributed by atoms with Crippen LogP contribution in [-0.4, -0.2) is 29.0 Å². The lowest BCUT2D eigenvalue weighted by atomic mass is 10.0. The van der Waals surface area contributed by atoms with E-state index in [2.05, 4.69) is 0 Å². The van der Waals surface area contributed by atoms with Gasteiger partial charge < -0.3 is 15.4 Å². The van der Waals surface area contributed by atoms with Crippen molar-refractivity contribution in [3.63, 3.8) is 0 Å². The molecule has 0 aromatic carbocycles. The molecular formula is C14H20N2O3S. The van der Waals surface area contributed by atoms with E-state index in [1.54, 1.807) is 4.90 Å². The Labute approximate surface area is 122 Å². The Morgan fingerprint density at radius 1 is 1.35 bits per heavy atom. The maximum atomic E-state index is 12.1.